The van der Waals surface area contributed by atoms with Crippen LogP contribution in [0.25, 0.3) is 0 Å². The Morgan fingerprint density at radius 3 is 1.69 bits per heavy atom. The summed E-state index contributed by atoms with van der Waals surface area (Å²) in [4.78, 5) is 10.2. The summed E-state index contributed by atoms with van der Waals surface area (Å²) in [6.07, 6.45) is 9.96. The summed E-state index contributed by atoms with van der Waals surface area (Å²) in [7, 11) is 0. The van der Waals surface area contributed by atoms with E-state index in [1.807, 2.05) is 0 Å². The predicted molar refractivity (Wildman–Crippen MR) is 67.4 cm³/mol. The quantitative estimate of drug-likeness (QED) is 0.702. The van der Waals surface area contributed by atoms with Crippen LogP contribution in [0.4, 0.5) is 0 Å². The number of carbonyl (C=O) groups excluding carboxylic acids is 1. The van der Waals surface area contributed by atoms with Crippen LogP contribution in [0.5, 0.6) is 0 Å². The highest BCUT2D eigenvalue weighted by atomic mass is 16.5. The van der Waals surface area contributed by atoms with Gasteiger partial charge < -0.3 is 10.2 Å². The summed E-state index contributed by atoms with van der Waals surface area (Å²) >= 11 is 0. The molecule has 1 fully saturated rings. The highest BCUT2D eigenvalue weighted by Gasteiger charge is 1.95. The Labute approximate surface area is 99.9 Å². The van der Waals surface area contributed by atoms with Crippen LogP contribution in [0.3, 0.4) is 0 Å². The van der Waals surface area contributed by atoms with Gasteiger partial charge in [0.1, 0.15) is 0 Å². The molecule has 3 nitrogen and oxygen atoms in total. The molecule has 0 aliphatic heterocycles. The maximum Gasteiger partial charge on any atom is 0.302 e. The minimum atomic E-state index is -0.185. The van der Waals surface area contributed by atoms with Crippen LogP contribution in [0, 0.1) is 5.92 Å². The van der Waals surface area contributed by atoms with E-state index in [1.54, 1.807) is 0 Å². The average molecular weight is 232 g/mol. The third-order valence-electron chi connectivity index (χ3n) is 2.50. The second kappa shape index (κ2) is 12.5. The van der Waals surface area contributed by atoms with Gasteiger partial charge in [-0.05, 0) is 12.3 Å². The standard InChI is InChI=1S/C7H14O2.C6H12.H2O/c1-6(2)4-5-9-7(3)8;1-2-4-6-5-3-1;/h6H,4-5H2,1-3H3;1-6H2;1H2. The van der Waals surface area contributed by atoms with Crippen LogP contribution in [-0.4, -0.2) is 18.1 Å². The molecule has 1 saturated carbocycles. The fourth-order valence-corrected chi connectivity index (χ4v) is 1.50. The normalized spacial score (nSPS) is 14.5. The van der Waals surface area contributed by atoms with Gasteiger partial charge in [0.15, 0.2) is 0 Å². The van der Waals surface area contributed by atoms with E-state index < -0.39 is 0 Å². The molecule has 0 aromatic heterocycles. The van der Waals surface area contributed by atoms with Gasteiger partial charge >= 0.3 is 5.97 Å². The lowest BCUT2D eigenvalue weighted by molar-refractivity contribution is -0.141. The van der Waals surface area contributed by atoms with Crippen LogP contribution in [0.2, 0.25) is 0 Å². The molecule has 0 aromatic rings. The number of hydrogen-bond acceptors (Lipinski definition) is 2. The van der Waals surface area contributed by atoms with E-state index in [1.165, 1.54) is 45.4 Å². The fourth-order valence-electron chi connectivity index (χ4n) is 1.50. The summed E-state index contributed by atoms with van der Waals surface area (Å²) in [6.45, 7) is 6.19. The highest BCUT2D eigenvalue weighted by molar-refractivity contribution is 5.65. The Morgan fingerprint density at radius 1 is 1.06 bits per heavy atom. The van der Waals surface area contributed by atoms with E-state index in [-0.39, 0.29) is 11.4 Å². The van der Waals surface area contributed by atoms with Gasteiger partial charge in [-0.2, -0.15) is 0 Å². The Bertz CT molecular complexity index is 140. The van der Waals surface area contributed by atoms with E-state index in [0.717, 1.165) is 6.42 Å². The number of carbonyl (C=O) groups is 1. The lowest BCUT2D eigenvalue weighted by Gasteiger charge is -2.05. The first-order valence-corrected chi connectivity index (χ1v) is 6.26. The number of hydrogen-bond donors (Lipinski definition) is 0. The number of esters is 1. The molecule has 1 rings (SSSR count). The van der Waals surface area contributed by atoms with Crippen molar-refractivity contribution in [2.24, 2.45) is 5.92 Å². The predicted octanol–water partition coefficient (Wildman–Crippen LogP) is 3.11. The molecule has 16 heavy (non-hydrogen) atoms. The van der Waals surface area contributed by atoms with Crippen LogP contribution in [-0.2, 0) is 9.53 Å². The van der Waals surface area contributed by atoms with Crippen molar-refractivity contribution in [3.8, 4) is 0 Å². The summed E-state index contributed by atoms with van der Waals surface area (Å²) in [5.41, 5.74) is 0. The SMILES string of the molecule is C1CCCCC1.CC(=O)OCCC(C)C.O. The van der Waals surface area contributed by atoms with E-state index in [2.05, 4.69) is 13.8 Å². The largest absolute Gasteiger partial charge is 0.466 e. The number of ether oxygens (including phenoxy) is 1. The van der Waals surface area contributed by atoms with Gasteiger partial charge in [-0.3, -0.25) is 4.79 Å². The van der Waals surface area contributed by atoms with Crippen molar-refractivity contribution in [2.45, 2.75) is 65.7 Å². The summed E-state index contributed by atoms with van der Waals surface area (Å²) in [5.74, 6) is 0.431. The second-order valence-corrected chi connectivity index (χ2v) is 4.64. The van der Waals surface area contributed by atoms with Gasteiger partial charge in [-0.1, -0.05) is 52.4 Å². The van der Waals surface area contributed by atoms with Gasteiger partial charge in [0.05, 0.1) is 6.61 Å². The van der Waals surface area contributed by atoms with Crippen LogP contribution < -0.4 is 0 Å². The first-order chi connectivity index (χ1) is 7.13. The zero-order chi connectivity index (χ0) is 11.5. The molecule has 0 spiro atoms. The first kappa shape index (κ1) is 17.8. The van der Waals surface area contributed by atoms with E-state index in [4.69, 9.17) is 4.74 Å². The van der Waals surface area contributed by atoms with Crippen molar-refractivity contribution in [1.29, 1.82) is 0 Å². The zero-order valence-electron chi connectivity index (χ0n) is 11.1. The molecule has 3 heteroatoms. The fraction of sp³-hybridized carbons (Fsp3) is 0.923. The molecule has 2 N–H and O–H groups in total. The molecule has 0 heterocycles. The Balaban J connectivity index is 0. The minimum Gasteiger partial charge on any atom is -0.466 e. The molecule has 98 valence electrons. The summed E-state index contributed by atoms with van der Waals surface area (Å²) in [6, 6.07) is 0. The van der Waals surface area contributed by atoms with Gasteiger partial charge in [-0.15, -0.1) is 0 Å². The number of rotatable bonds is 3. The van der Waals surface area contributed by atoms with Gasteiger partial charge in [0.2, 0.25) is 0 Å². The van der Waals surface area contributed by atoms with Crippen LogP contribution in [0.1, 0.15) is 65.7 Å². The molecular formula is C13H28O3. The second-order valence-electron chi connectivity index (χ2n) is 4.64. The van der Waals surface area contributed by atoms with Gasteiger partial charge in [0.25, 0.3) is 0 Å². The van der Waals surface area contributed by atoms with Crippen LogP contribution in [0.15, 0.2) is 0 Å². The maximum atomic E-state index is 10.2. The molecule has 0 aromatic carbocycles. The van der Waals surface area contributed by atoms with Crippen molar-refractivity contribution in [2.75, 3.05) is 6.61 Å². The molecule has 0 amide bonds. The molecule has 0 radical (unpaired) electrons. The molecule has 0 bridgehead atoms. The van der Waals surface area contributed by atoms with Crippen molar-refractivity contribution in [3.05, 3.63) is 0 Å². The zero-order valence-corrected chi connectivity index (χ0v) is 11.1. The van der Waals surface area contributed by atoms with Crippen molar-refractivity contribution in [1.82, 2.24) is 0 Å². The lowest BCUT2D eigenvalue weighted by atomic mass is 10.0. The van der Waals surface area contributed by atoms with E-state index in [9.17, 15) is 4.79 Å². The van der Waals surface area contributed by atoms with Crippen LogP contribution >= 0.6 is 0 Å². The minimum absolute atomic E-state index is 0. The third kappa shape index (κ3) is 15.9. The Kier molecular flexibility index (Phi) is 13.9. The maximum absolute atomic E-state index is 10.2. The smallest absolute Gasteiger partial charge is 0.302 e. The first-order valence-electron chi connectivity index (χ1n) is 6.26. The lowest BCUT2D eigenvalue weighted by Crippen LogP contribution is -2.02. The topological polar surface area (TPSA) is 57.8 Å². The summed E-state index contributed by atoms with van der Waals surface area (Å²) < 4.78 is 4.71. The third-order valence-corrected chi connectivity index (χ3v) is 2.50. The highest BCUT2D eigenvalue weighted by Crippen LogP contribution is 2.15. The Morgan fingerprint density at radius 2 is 1.44 bits per heavy atom. The van der Waals surface area contributed by atoms with Gasteiger partial charge in [0, 0.05) is 6.92 Å². The average Bonchev–Trinajstić information content (AvgIpc) is 2.20. The van der Waals surface area contributed by atoms with E-state index >= 15 is 0 Å². The summed E-state index contributed by atoms with van der Waals surface area (Å²) in [5, 5.41) is 0. The van der Waals surface area contributed by atoms with E-state index in [0.29, 0.717) is 12.5 Å². The van der Waals surface area contributed by atoms with Crippen molar-refractivity contribution in [3.63, 3.8) is 0 Å². The monoisotopic (exact) mass is 232 g/mol. The Hall–Kier alpha value is -0.570. The van der Waals surface area contributed by atoms with Crippen molar-refractivity contribution < 1.29 is 15.0 Å². The molecular weight excluding hydrogens is 204 g/mol. The van der Waals surface area contributed by atoms with Gasteiger partial charge in [-0.25, -0.2) is 0 Å². The molecule has 1 aliphatic rings. The molecule has 1 aliphatic carbocycles. The molecule has 0 atom stereocenters. The molecule has 0 saturated heterocycles. The van der Waals surface area contributed by atoms with Crippen molar-refractivity contribution >= 4 is 5.97 Å². The molecule has 0 unspecified atom stereocenters.